The summed E-state index contributed by atoms with van der Waals surface area (Å²) in [5.74, 6) is -0.0796. The van der Waals surface area contributed by atoms with Crippen molar-refractivity contribution in [3.05, 3.63) is 23.4 Å². The largest absolute Gasteiger partial charge is 0.446 e. The molecule has 0 atom stereocenters. The lowest BCUT2D eigenvalue weighted by Crippen LogP contribution is -2.37. The van der Waals surface area contributed by atoms with Crippen LogP contribution in [-0.2, 0) is 14.9 Å². The lowest BCUT2D eigenvalue weighted by atomic mass is 10.5. The third kappa shape index (κ3) is 4.76. The van der Waals surface area contributed by atoms with Gasteiger partial charge in [-0.1, -0.05) is 11.6 Å². The maximum absolute atomic E-state index is 11.5. The van der Waals surface area contributed by atoms with Crippen LogP contribution >= 0.6 is 11.6 Å². The van der Waals surface area contributed by atoms with Gasteiger partial charge in [0.25, 0.3) is 0 Å². The fraction of sp³-hybridized carbons (Fsp3) is 0.333. The number of aromatic nitrogens is 1. The fourth-order valence-corrected chi connectivity index (χ4v) is 1.92. The van der Waals surface area contributed by atoms with Crippen LogP contribution in [0.3, 0.4) is 0 Å². The Labute approximate surface area is 110 Å². The summed E-state index contributed by atoms with van der Waals surface area (Å²) in [5.41, 5.74) is 0. The van der Waals surface area contributed by atoms with Crippen LogP contribution < -0.4 is 9.44 Å². The number of pyridine rings is 1. The first kappa shape index (κ1) is 14.5. The van der Waals surface area contributed by atoms with Gasteiger partial charge < -0.3 is 4.74 Å². The molecule has 18 heavy (non-hydrogen) atoms. The standard InChI is InChI=1S/C9H12ClN3O4S/c1-6(2)17-9(14)13-18(15,16)12-8-7(10)4-3-5-11-8/h3-6H,1-2H3,(H,11,12)(H,13,14). The number of nitrogens with one attached hydrogen (secondary N) is 2. The van der Waals surface area contributed by atoms with Gasteiger partial charge in [-0.3, -0.25) is 0 Å². The van der Waals surface area contributed by atoms with Crippen molar-refractivity contribution < 1.29 is 17.9 Å². The van der Waals surface area contributed by atoms with Crippen LogP contribution in [0.15, 0.2) is 18.3 Å². The molecule has 100 valence electrons. The molecule has 1 heterocycles. The fourth-order valence-electron chi connectivity index (χ4n) is 0.961. The number of anilines is 1. The molecule has 0 saturated carbocycles. The maximum atomic E-state index is 11.5. The van der Waals surface area contributed by atoms with E-state index in [1.165, 1.54) is 12.3 Å². The molecule has 0 aliphatic rings. The van der Waals surface area contributed by atoms with Gasteiger partial charge in [0.05, 0.1) is 11.1 Å². The molecular weight excluding hydrogens is 282 g/mol. The number of ether oxygens (including phenoxy) is 1. The van der Waals surface area contributed by atoms with Crippen molar-refractivity contribution in [2.24, 2.45) is 0 Å². The van der Waals surface area contributed by atoms with E-state index in [1.54, 1.807) is 24.6 Å². The summed E-state index contributed by atoms with van der Waals surface area (Å²) in [6, 6.07) is 3.00. The zero-order chi connectivity index (χ0) is 13.8. The highest BCUT2D eigenvalue weighted by Gasteiger charge is 2.17. The number of rotatable bonds is 4. The molecule has 1 aromatic rings. The molecule has 1 amide bonds. The van der Waals surface area contributed by atoms with E-state index in [0.29, 0.717) is 0 Å². The van der Waals surface area contributed by atoms with E-state index < -0.39 is 22.4 Å². The van der Waals surface area contributed by atoms with E-state index in [9.17, 15) is 13.2 Å². The molecule has 0 unspecified atom stereocenters. The highest BCUT2D eigenvalue weighted by Crippen LogP contribution is 2.18. The Kier molecular flexibility index (Phi) is 4.74. The average Bonchev–Trinajstić information content (AvgIpc) is 2.18. The van der Waals surface area contributed by atoms with Gasteiger partial charge in [-0.25, -0.2) is 19.2 Å². The number of nitrogens with zero attached hydrogens (tertiary/aromatic N) is 1. The second kappa shape index (κ2) is 5.87. The quantitative estimate of drug-likeness (QED) is 0.877. The van der Waals surface area contributed by atoms with E-state index in [0.717, 1.165) is 0 Å². The Balaban J connectivity index is 2.72. The topological polar surface area (TPSA) is 97.4 Å². The van der Waals surface area contributed by atoms with Gasteiger partial charge in [0.2, 0.25) is 0 Å². The molecule has 9 heteroatoms. The molecule has 0 aliphatic carbocycles. The van der Waals surface area contributed by atoms with Crippen LogP contribution in [0.5, 0.6) is 0 Å². The minimum Gasteiger partial charge on any atom is -0.446 e. The minimum atomic E-state index is -4.12. The normalized spacial score (nSPS) is 11.1. The number of carbonyl (C=O) groups is 1. The molecule has 0 saturated heterocycles. The number of amides is 1. The predicted molar refractivity (Wildman–Crippen MR) is 66.5 cm³/mol. The Bertz CT molecular complexity index is 532. The first-order valence-electron chi connectivity index (χ1n) is 4.92. The maximum Gasteiger partial charge on any atom is 0.422 e. The Morgan fingerprint density at radius 3 is 2.72 bits per heavy atom. The van der Waals surface area contributed by atoms with Crippen LogP contribution in [-0.4, -0.2) is 25.6 Å². The Hall–Kier alpha value is -1.54. The Morgan fingerprint density at radius 2 is 2.17 bits per heavy atom. The van der Waals surface area contributed by atoms with E-state index in [1.807, 2.05) is 4.72 Å². The highest BCUT2D eigenvalue weighted by molar-refractivity contribution is 7.91. The van der Waals surface area contributed by atoms with Crippen molar-refractivity contribution >= 4 is 33.7 Å². The van der Waals surface area contributed by atoms with Crippen molar-refractivity contribution in [3.8, 4) is 0 Å². The van der Waals surface area contributed by atoms with Crippen LogP contribution in [0.25, 0.3) is 0 Å². The van der Waals surface area contributed by atoms with Gasteiger partial charge in [-0.15, -0.1) is 0 Å². The molecule has 0 bridgehead atoms. The Morgan fingerprint density at radius 1 is 1.50 bits per heavy atom. The molecule has 1 aromatic heterocycles. The number of carbonyl (C=O) groups excluding carboxylic acids is 1. The van der Waals surface area contributed by atoms with E-state index >= 15 is 0 Å². The molecule has 0 spiro atoms. The summed E-state index contributed by atoms with van der Waals surface area (Å²) < 4.78 is 31.3. The summed E-state index contributed by atoms with van der Waals surface area (Å²) in [5, 5.41) is 0.111. The van der Waals surface area contributed by atoms with Crippen molar-refractivity contribution in [2.75, 3.05) is 4.72 Å². The SMILES string of the molecule is CC(C)OC(=O)NS(=O)(=O)Nc1ncccc1Cl. The highest BCUT2D eigenvalue weighted by atomic mass is 35.5. The van der Waals surface area contributed by atoms with Crippen LogP contribution in [0.4, 0.5) is 10.6 Å². The van der Waals surface area contributed by atoms with Crippen LogP contribution in [0.2, 0.25) is 5.02 Å². The predicted octanol–water partition coefficient (Wildman–Crippen LogP) is 1.53. The monoisotopic (exact) mass is 293 g/mol. The van der Waals surface area contributed by atoms with Gasteiger partial charge in [-0.2, -0.15) is 8.42 Å². The zero-order valence-electron chi connectivity index (χ0n) is 9.68. The number of hydrogen-bond donors (Lipinski definition) is 2. The smallest absolute Gasteiger partial charge is 0.422 e. The van der Waals surface area contributed by atoms with Crippen LogP contribution in [0, 0.1) is 0 Å². The van der Waals surface area contributed by atoms with Crippen molar-refractivity contribution in [1.29, 1.82) is 0 Å². The molecule has 0 fully saturated rings. The number of halogens is 1. The van der Waals surface area contributed by atoms with Crippen molar-refractivity contribution in [1.82, 2.24) is 9.71 Å². The summed E-state index contributed by atoms with van der Waals surface area (Å²) in [4.78, 5) is 14.9. The van der Waals surface area contributed by atoms with Crippen LogP contribution in [0.1, 0.15) is 13.8 Å². The average molecular weight is 294 g/mol. The minimum absolute atomic E-state index is 0.0796. The van der Waals surface area contributed by atoms with Gasteiger partial charge in [-0.05, 0) is 26.0 Å². The first-order chi connectivity index (χ1) is 8.30. The van der Waals surface area contributed by atoms with Crippen molar-refractivity contribution in [2.45, 2.75) is 20.0 Å². The summed E-state index contributed by atoms with van der Waals surface area (Å²) >= 11 is 5.72. The van der Waals surface area contributed by atoms with E-state index in [-0.39, 0.29) is 10.8 Å². The second-order valence-corrected chi connectivity index (χ2v) is 5.32. The van der Waals surface area contributed by atoms with Gasteiger partial charge >= 0.3 is 16.3 Å². The number of hydrogen-bond acceptors (Lipinski definition) is 5. The van der Waals surface area contributed by atoms with Crippen molar-refractivity contribution in [3.63, 3.8) is 0 Å². The molecule has 7 nitrogen and oxygen atoms in total. The van der Waals surface area contributed by atoms with Gasteiger partial charge in [0.15, 0.2) is 5.82 Å². The molecule has 1 rings (SSSR count). The lowest BCUT2D eigenvalue weighted by molar-refractivity contribution is 0.121. The summed E-state index contributed by atoms with van der Waals surface area (Å²) in [6.07, 6.45) is -0.154. The summed E-state index contributed by atoms with van der Waals surface area (Å²) in [6.45, 7) is 3.19. The third-order valence-corrected chi connectivity index (χ3v) is 2.75. The first-order valence-corrected chi connectivity index (χ1v) is 6.78. The molecule has 0 radical (unpaired) electrons. The van der Waals surface area contributed by atoms with Gasteiger partial charge in [0, 0.05) is 6.20 Å². The lowest BCUT2D eigenvalue weighted by Gasteiger charge is -2.11. The van der Waals surface area contributed by atoms with E-state index in [2.05, 4.69) is 9.72 Å². The van der Waals surface area contributed by atoms with E-state index in [4.69, 9.17) is 11.6 Å². The second-order valence-electron chi connectivity index (χ2n) is 3.50. The zero-order valence-corrected chi connectivity index (χ0v) is 11.2. The van der Waals surface area contributed by atoms with Gasteiger partial charge in [0.1, 0.15) is 0 Å². The molecule has 0 aliphatic heterocycles. The molecule has 2 N–H and O–H groups in total. The summed E-state index contributed by atoms with van der Waals surface area (Å²) in [7, 11) is -4.12. The molecule has 0 aromatic carbocycles. The third-order valence-electron chi connectivity index (χ3n) is 1.55. The molecular formula is C9H12ClN3O4S.